The molecule has 0 fully saturated rings. The first-order chi connectivity index (χ1) is 8.19. The Labute approximate surface area is 111 Å². The van der Waals surface area contributed by atoms with Crippen LogP contribution in [0, 0.1) is 0 Å². The molecule has 90 valence electrons. The van der Waals surface area contributed by atoms with Gasteiger partial charge in [0.1, 0.15) is 0 Å². The first-order valence-electron chi connectivity index (χ1n) is 5.23. The maximum absolute atomic E-state index is 11.8. The van der Waals surface area contributed by atoms with Crippen LogP contribution in [0.1, 0.15) is 11.8 Å². The molecular weight excluding hydrogens is 302 g/mol. The fourth-order valence-electron chi connectivity index (χ4n) is 1.44. The van der Waals surface area contributed by atoms with Gasteiger partial charge in [0.25, 0.3) is 5.56 Å². The Hall–Kier alpha value is -1.14. The summed E-state index contributed by atoms with van der Waals surface area (Å²) in [4.78, 5) is 12.9. The lowest BCUT2D eigenvalue weighted by atomic mass is 10.4. The van der Waals surface area contributed by atoms with Crippen molar-refractivity contribution in [3.05, 3.63) is 43.4 Å². The second-order valence-electron chi connectivity index (χ2n) is 3.50. The van der Waals surface area contributed by atoms with Crippen LogP contribution in [0.5, 0.6) is 0 Å². The Kier molecular flexibility index (Phi) is 3.96. The lowest BCUT2D eigenvalue weighted by Gasteiger charge is -2.05. The molecular formula is C11H12BrN3OS. The molecule has 2 heterocycles. The molecule has 0 bridgehead atoms. The fourth-order valence-corrected chi connectivity index (χ4v) is 2.87. The van der Waals surface area contributed by atoms with Crippen LogP contribution in [-0.4, -0.2) is 16.3 Å². The van der Waals surface area contributed by atoms with Crippen molar-refractivity contribution < 1.29 is 0 Å². The zero-order valence-corrected chi connectivity index (χ0v) is 11.7. The smallest absolute Gasteiger partial charge is 0.269 e. The van der Waals surface area contributed by atoms with E-state index < -0.39 is 0 Å². The van der Waals surface area contributed by atoms with Crippen LogP contribution >= 0.6 is 27.3 Å². The van der Waals surface area contributed by atoms with Gasteiger partial charge >= 0.3 is 0 Å². The third kappa shape index (κ3) is 3.17. The highest BCUT2D eigenvalue weighted by molar-refractivity contribution is 9.10. The highest BCUT2D eigenvalue weighted by Crippen LogP contribution is 2.19. The Bertz CT molecular complexity index is 564. The Morgan fingerprint density at radius 3 is 2.94 bits per heavy atom. The molecule has 0 aromatic carbocycles. The summed E-state index contributed by atoms with van der Waals surface area (Å²) in [5.41, 5.74) is 0.675. The van der Waals surface area contributed by atoms with Crippen LogP contribution in [0.25, 0.3) is 0 Å². The first kappa shape index (κ1) is 12.3. The standard InChI is InChI=1S/C11H12BrN3OS/c1-2-13-9-4-11(16)15(14-5-9)6-10-3-8(12)7-17-10/h3-5,7,13H,2,6H2,1H3. The average Bonchev–Trinajstić information content (AvgIpc) is 2.69. The third-order valence-electron chi connectivity index (χ3n) is 2.18. The number of hydrogen-bond acceptors (Lipinski definition) is 4. The lowest BCUT2D eigenvalue weighted by Crippen LogP contribution is -2.22. The molecule has 0 radical (unpaired) electrons. The molecule has 17 heavy (non-hydrogen) atoms. The third-order valence-corrected chi connectivity index (χ3v) is 3.86. The van der Waals surface area contributed by atoms with E-state index in [2.05, 4.69) is 26.3 Å². The Morgan fingerprint density at radius 1 is 1.53 bits per heavy atom. The number of halogens is 1. The van der Waals surface area contributed by atoms with Crippen LogP contribution in [0.2, 0.25) is 0 Å². The van der Waals surface area contributed by atoms with Crippen molar-refractivity contribution in [2.75, 3.05) is 11.9 Å². The van der Waals surface area contributed by atoms with Gasteiger partial charge in [-0.15, -0.1) is 11.3 Å². The normalized spacial score (nSPS) is 10.5. The minimum atomic E-state index is -0.0898. The van der Waals surface area contributed by atoms with Gasteiger partial charge in [-0.05, 0) is 28.9 Å². The van der Waals surface area contributed by atoms with E-state index in [1.54, 1.807) is 23.6 Å². The average molecular weight is 314 g/mol. The summed E-state index contributed by atoms with van der Waals surface area (Å²) in [6, 6.07) is 3.57. The summed E-state index contributed by atoms with van der Waals surface area (Å²) in [7, 11) is 0. The van der Waals surface area contributed by atoms with Crippen LogP contribution in [-0.2, 0) is 6.54 Å². The Balaban J connectivity index is 2.19. The minimum absolute atomic E-state index is 0.0898. The molecule has 0 spiro atoms. The van der Waals surface area contributed by atoms with Gasteiger partial charge in [0.05, 0.1) is 18.4 Å². The molecule has 6 heteroatoms. The van der Waals surface area contributed by atoms with Crippen LogP contribution in [0.4, 0.5) is 5.69 Å². The summed E-state index contributed by atoms with van der Waals surface area (Å²) in [5, 5.41) is 9.19. The van der Waals surface area contributed by atoms with Gasteiger partial charge in [0.2, 0.25) is 0 Å². The number of aromatic nitrogens is 2. The molecule has 2 aromatic heterocycles. The van der Waals surface area contributed by atoms with E-state index in [1.807, 2.05) is 18.4 Å². The van der Waals surface area contributed by atoms with Crippen molar-refractivity contribution in [2.45, 2.75) is 13.5 Å². The van der Waals surface area contributed by atoms with Crippen molar-refractivity contribution in [2.24, 2.45) is 0 Å². The monoisotopic (exact) mass is 313 g/mol. The van der Waals surface area contributed by atoms with Gasteiger partial charge in [-0.25, -0.2) is 4.68 Å². The van der Waals surface area contributed by atoms with E-state index in [-0.39, 0.29) is 5.56 Å². The summed E-state index contributed by atoms with van der Waals surface area (Å²) < 4.78 is 2.49. The van der Waals surface area contributed by atoms with Crippen molar-refractivity contribution in [1.29, 1.82) is 0 Å². The van der Waals surface area contributed by atoms with Gasteiger partial charge < -0.3 is 5.32 Å². The van der Waals surface area contributed by atoms with Gasteiger partial charge in [0, 0.05) is 27.3 Å². The molecule has 0 unspecified atom stereocenters. The molecule has 0 saturated carbocycles. The minimum Gasteiger partial charge on any atom is -0.384 e. The predicted molar refractivity (Wildman–Crippen MR) is 73.8 cm³/mol. The second-order valence-corrected chi connectivity index (χ2v) is 5.41. The largest absolute Gasteiger partial charge is 0.384 e. The molecule has 4 nitrogen and oxygen atoms in total. The predicted octanol–water partition coefficient (Wildman–Crippen LogP) is 2.55. The van der Waals surface area contributed by atoms with E-state index in [0.717, 1.165) is 21.6 Å². The number of nitrogens with zero attached hydrogens (tertiary/aromatic N) is 2. The van der Waals surface area contributed by atoms with Gasteiger partial charge in [0.15, 0.2) is 0 Å². The second kappa shape index (κ2) is 5.46. The van der Waals surface area contributed by atoms with Gasteiger partial charge in [-0.1, -0.05) is 0 Å². The highest BCUT2D eigenvalue weighted by Gasteiger charge is 2.03. The number of rotatable bonds is 4. The molecule has 0 atom stereocenters. The molecule has 2 aromatic rings. The van der Waals surface area contributed by atoms with E-state index in [0.29, 0.717) is 6.54 Å². The van der Waals surface area contributed by atoms with Gasteiger partial charge in [-0.2, -0.15) is 5.10 Å². The topological polar surface area (TPSA) is 46.9 Å². The van der Waals surface area contributed by atoms with E-state index in [4.69, 9.17) is 0 Å². The van der Waals surface area contributed by atoms with E-state index >= 15 is 0 Å². The number of anilines is 1. The maximum atomic E-state index is 11.8. The van der Waals surface area contributed by atoms with Crippen molar-refractivity contribution in [1.82, 2.24) is 9.78 Å². The highest BCUT2D eigenvalue weighted by atomic mass is 79.9. The summed E-state index contributed by atoms with van der Waals surface area (Å²) >= 11 is 4.99. The molecule has 0 aliphatic heterocycles. The summed E-state index contributed by atoms with van der Waals surface area (Å²) in [5.74, 6) is 0. The summed E-state index contributed by atoms with van der Waals surface area (Å²) in [6.07, 6.45) is 1.67. The van der Waals surface area contributed by atoms with Crippen molar-refractivity contribution >= 4 is 33.0 Å². The zero-order chi connectivity index (χ0) is 12.3. The summed E-state index contributed by atoms with van der Waals surface area (Å²) in [6.45, 7) is 3.28. The van der Waals surface area contributed by atoms with E-state index in [9.17, 15) is 4.79 Å². The SMILES string of the molecule is CCNc1cnn(Cc2cc(Br)cs2)c(=O)c1. The first-order valence-corrected chi connectivity index (χ1v) is 6.90. The fraction of sp³-hybridized carbons (Fsp3) is 0.273. The number of hydrogen-bond donors (Lipinski definition) is 1. The number of nitrogens with one attached hydrogen (secondary N) is 1. The van der Waals surface area contributed by atoms with E-state index in [1.165, 1.54) is 4.68 Å². The van der Waals surface area contributed by atoms with Crippen molar-refractivity contribution in [3.63, 3.8) is 0 Å². The van der Waals surface area contributed by atoms with Crippen LogP contribution in [0.15, 0.2) is 33.0 Å². The lowest BCUT2D eigenvalue weighted by molar-refractivity contribution is 0.646. The van der Waals surface area contributed by atoms with Crippen LogP contribution < -0.4 is 10.9 Å². The number of thiophene rings is 1. The quantitative estimate of drug-likeness (QED) is 0.943. The molecule has 0 amide bonds. The molecule has 2 rings (SSSR count). The zero-order valence-electron chi connectivity index (χ0n) is 9.31. The molecule has 1 N–H and O–H groups in total. The Morgan fingerprint density at radius 2 is 2.35 bits per heavy atom. The molecule has 0 saturated heterocycles. The van der Waals surface area contributed by atoms with Gasteiger partial charge in [-0.3, -0.25) is 4.79 Å². The van der Waals surface area contributed by atoms with Crippen molar-refractivity contribution in [3.8, 4) is 0 Å². The van der Waals surface area contributed by atoms with Crippen LogP contribution in [0.3, 0.4) is 0 Å². The molecule has 0 aliphatic rings. The molecule has 0 aliphatic carbocycles. The maximum Gasteiger partial charge on any atom is 0.269 e.